The summed E-state index contributed by atoms with van der Waals surface area (Å²) >= 11 is 11.8. The van der Waals surface area contributed by atoms with Crippen LogP contribution in [0.15, 0.2) is 18.2 Å². The van der Waals surface area contributed by atoms with Crippen molar-refractivity contribution in [3.8, 4) is 0 Å². The van der Waals surface area contributed by atoms with Crippen molar-refractivity contribution >= 4 is 35.2 Å². The summed E-state index contributed by atoms with van der Waals surface area (Å²) in [7, 11) is 1.38. The lowest BCUT2D eigenvalue weighted by atomic mass is 10.2. The van der Waals surface area contributed by atoms with Crippen LogP contribution in [0.25, 0.3) is 0 Å². The molecule has 7 heteroatoms. The first-order valence-corrected chi connectivity index (χ1v) is 6.59. The molecular weight excluding hydrogens is 303 g/mol. The zero-order valence-corrected chi connectivity index (χ0v) is 13.2. The summed E-state index contributed by atoms with van der Waals surface area (Å²) in [6.45, 7) is 5.19. The Hall–Kier alpha value is -1.46. The van der Waals surface area contributed by atoms with Crippen LogP contribution in [0.3, 0.4) is 0 Å². The zero-order chi connectivity index (χ0) is 15.5. The summed E-state index contributed by atoms with van der Waals surface area (Å²) < 4.78 is 5.10. The second kappa shape index (κ2) is 6.33. The zero-order valence-electron chi connectivity index (χ0n) is 11.7. The van der Waals surface area contributed by atoms with Gasteiger partial charge in [0.2, 0.25) is 0 Å². The first kappa shape index (κ1) is 16.6. The lowest BCUT2D eigenvalue weighted by Gasteiger charge is -2.24. The molecule has 0 aliphatic carbocycles. The Morgan fingerprint density at radius 2 is 1.85 bits per heavy atom. The molecule has 0 radical (unpaired) electrons. The maximum atomic E-state index is 12.0. The molecule has 20 heavy (non-hydrogen) atoms. The standard InChI is InChI=1S/C13H16Cl2N2O3/c1-13(2,3)20-12(19)17(4)16-11(18)8-6-5-7-9(14)10(8)15/h5-7H,1-4H3,(H,16,18). The van der Waals surface area contributed by atoms with Gasteiger partial charge < -0.3 is 4.74 Å². The highest BCUT2D eigenvalue weighted by Gasteiger charge is 2.22. The van der Waals surface area contributed by atoms with Crippen LogP contribution in [0.2, 0.25) is 10.0 Å². The molecule has 0 aromatic heterocycles. The predicted molar refractivity (Wildman–Crippen MR) is 77.9 cm³/mol. The van der Waals surface area contributed by atoms with Gasteiger partial charge in [0.05, 0.1) is 15.6 Å². The topological polar surface area (TPSA) is 58.6 Å². The third-order valence-electron chi connectivity index (χ3n) is 2.13. The summed E-state index contributed by atoms with van der Waals surface area (Å²) in [5, 5.41) is 1.34. The van der Waals surface area contributed by atoms with E-state index in [0.29, 0.717) is 0 Å². The smallest absolute Gasteiger partial charge is 0.428 e. The third-order valence-corrected chi connectivity index (χ3v) is 2.95. The molecule has 0 heterocycles. The number of rotatable bonds is 1. The average Bonchev–Trinajstić information content (AvgIpc) is 2.30. The molecule has 1 N–H and O–H groups in total. The predicted octanol–water partition coefficient (Wildman–Crippen LogP) is 3.51. The van der Waals surface area contributed by atoms with E-state index in [2.05, 4.69) is 5.43 Å². The van der Waals surface area contributed by atoms with Crippen LogP contribution in [0.1, 0.15) is 31.1 Å². The molecule has 0 saturated heterocycles. The first-order valence-electron chi connectivity index (χ1n) is 5.83. The fourth-order valence-electron chi connectivity index (χ4n) is 1.27. The second-order valence-corrected chi connectivity index (χ2v) is 5.87. The van der Waals surface area contributed by atoms with Crippen LogP contribution < -0.4 is 5.43 Å². The van der Waals surface area contributed by atoms with Gasteiger partial charge in [-0.05, 0) is 32.9 Å². The van der Waals surface area contributed by atoms with Crippen molar-refractivity contribution < 1.29 is 14.3 Å². The molecule has 110 valence electrons. The van der Waals surface area contributed by atoms with Crippen molar-refractivity contribution in [1.82, 2.24) is 10.4 Å². The Morgan fingerprint density at radius 1 is 1.25 bits per heavy atom. The van der Waals surface area contributed by atoms with Gasteiger partial charge in [-0.25, -0.2) is 9.80 Å². The van der Waals surface area contributed by atoms with E-state index in [-0.39, 0.29) is 15.6 Å². The summed E-state index contributed by atoms with van der Waals surface area (Å²) in [6, 6.07) is 4.67. The van der Waals surface area contributed by atoms with Crippen molar-refractivity contribution in [3.05, 3.63) is 33.8 Å². The minimum Gasteiger partial charge on any atom is -0.442 e. The number of nitrogens with one attached hydrogen (secondary N) is 1. The van der Waals surface area contributed by atoms with E-state index >= 15 is 0 Å². The Labute approximate surface area is 127 Å². The van der Waals surface area contributed by atoms with Crippen LogP contribution in [-0.2, 0) is 4.74 Å². The number of hydrogen-bond donors (Lipinski definition) is 1. The third kappa shape index (κ3) is 4.58. The Balaban J connectivity index is 2.76. The Bertz CT molecular complexity index is 527. The molecule has 5 nitrogen and oxygen atoms in total. The number of nitrogens with zero attached hydrogens (tertiary/aromatic N) is 1. The van der Waals surface area contributed by atoms with E-state index in [4.69, 9.17) is 27.9 Å². The normalized spacial score (nSPS) is 10.9. The highest BCUT2D eigenvalue weighted by molar-refractivity contribution is 6.43. The fourth-order valence-corrected chi connectivity index (χ4v) is 1.65. The van der Waals surface area contributed by atoms with Crippen LogP contribution in [0.4, 0.5) is 4.79 Å². The molecule has 0 aliphatic rings. The minimum atomic E-state index is -0.677. The van der Waals surface area contributed by atoms with Crippen LogP contribution in [0.5, 0.6) is 0 Å². The van der Waals surface area contributed by atoms with Crippen LogP contribution >= 0.6 is 23.2 Å². The van der Waals surface area contributed by atoms with E-state index in [9.17, 15) is 9.59 Å². The maximum absolute atomic E-state index is 12.0. The maximum Gasteiger partial charge on any atom is 0.428 e. The molecule has 0 unspecified atom stereocenters. The van der Waals surface area contributed by atoms with Gasteiger partial charge >= 0.3 is 6.09 Å². The van der Waals surface area contributed by atoms with Gasteiger partial charge in [0, 0.05) is 7.05 Å². The minimum absolute atomic E-state index is 0.129. The van der Waals surface area contributed by atoms with E-state index in [0.717, 1.165) is 5.01 Å². The average molecular weight is 319 g/mol. The number of amides is 2. The number of ether oxygens (including phenoxy) is 1. The molecule has 0 saturated carbocycles. The van der Waals surface area contributed by atoms with Gasteiger partial charge in [0.15, 0.2) is 0 Å². The van der Waals surface area contributed by atoms with Gasteiger partial charge in [-0.3, -0.25) is 10.2 Å². The summed E-state index contributed by atoms with van der Waals surface area (Å²) in [4.78, 5) is 23.7. The second-order valence-electron chi connectivity index (χ2n) is 5.08. The van der Waals surface area contributed by atoms with Gasteiger partial charge in [-0.1, -0.05) is 29.3 Å². The molecule has 1 aromatic carbocycles. The van der Waals surface area contributed by atoms with E-state index in [1.54, 1.807) is 32.9 Å². The monoisotopic (exact) mass is 318 g/mol. The molecule has 0 spiro atoms. The van der Waals surface area contributed by atoms with Crippen LogP contribution in [0, 0.1) is 0 Å². The van der Waals surface area contributed by atoms with Crippen molar-refractivity contribution in [1.29, 1.82) is 0 Å². The molecule has 0 aliphatic heterocycles. The fraction of sp³-hybridized carbons (Fsp3) is 0.385. The molecular formula is C13H16Cl2N2O3. The highest BCUT2D eigenvalue weighted by Crippen LogP contribution is 2.25. The molecule has 1 rings (SSSR count). The number of carbonyl (C=O) groups excluding carboxylic acids is 2. The van der Waals surface area contributed by atoms with Crippen molar-refractivity contribution in [2.75, 3.05) is 7.05 Å². The number of halogens is 2. The van der Waals surface area contributed by atoms with Gasteiger partial charge in [-0.15, -0.1) is 0 Å². The molecule has 1 aromatic rings. The summed E-state index contributed by atoms with van der Waals surface area (Å²) in [5.74, 6) is -0.550. The number of hydrogen-bond acceptors (Lipinski definition) is 3. The van der Waals surface area contributed by atoms with Crippen molar-refractivity contribution in [2.45, 2.75) is 26.4 Å². The molecule has 2 amide bonds. The quantitative estimate of drug-likeness (QED) is 0.806. The molecule has 0 atom stereocenters. The SMILES string of the molecule is CN(NC(=O)c1cccc(Cl)c1Cl)C(=O)OC(C)(C)C. The Morgan fingerprint density at radius 3 is 2.40 bits per heavy atom. The summed E-state index contributed by atoms with van der Waals surface area (Å²) in [6.07, 6.45) is -0.677. The number of benzene rings is 1. The largest absolute Gasteiger partial charge is 0.442 e. The lowest BCUT2D eigenvalue weighted by Crippen LogP contribution is -2.45. The Kier molecular flexibility index (Phi) is 5.25. The van der Waals surface area contributed by atoms with Crippen LogP contribution in [-0.4, -0.2) is 29.7 Å². The first-order chi connectivity index (χ1) is 9.11. The van der Waals surface area contributed by atoms with Gasteiger partial charge in [0.1, 0.15) is 5.60 Å². The van der Waals surface area contributed by atoms with E-state index < -0.39 is 17.6 Å². The van der Waals surface area contributed by atoms with Crippen molar-refractivity contribution in [2.24, 2.45) is 0 Å². The molecule has 0 fully saturated rings. The number of hydrazine groups is 1. The number of carbonyl (C=O) groups is 2. The highest BCUT2D eigenvalue weighted by atomic mass is 35.5. The summed E-state index contributed by atoms with van der Waals surface area (Å²) in [5.41, 5.74) is 1.89. The molecule has 0 bridgehead atoms. The van der Waals surface area contributed by atoms with Gasteiger partial charge in [-0.2, -0.15) is 0 Å². The van der Waals surface area contributed by atoms with E-state index in [1.165, 1.54) is 13.1 Å². The lowest BCUT2D eigenvalue weighted by molar-refractivity contribution is 0.0195. The van der Waals surface area contributed by atoms with E-state index in [1.807, 2.05) is 0 Å². The van der Waals surface area contributed by atoms with Gasteiger partial charge in [0.25, 0.3) is 5.91 Å². The van der Waals surface area contributed by atoms with Crippen molar-refractivity contribution in [3.63, 3.8) is 0 Å².